The molecule has 0 saturated heterocycles. The summed E-state index contributed by atoms with van der Waals surface area (Å²) in [5.74, 6) is 0.996. The fourth-order valence-corrected chi connectivity index (χ4v) is 1.44. The van der Waals surface area contributed by atoms with Crippen molar-refractivity contribution in [1.82, 2.24) is 14.7 Å². The fraction of sp³-hybridized carbons (Fsp3) is 0.400. The molecule has 0 aromatic carbocycles. The van der Waals surface area contributed by atoms with Crippen LogP contribution in [0.15, 0.2) is 22.9 Å². The second-order valence-corrected chi connectivity index (χ2v) is 3.30. The number of ether oxygens (including phenoxy) is 1. The summed E-state index contributed by atoms with van der Waals surface area (Å²) in [5, 5.41) is 3.87. The van der Waals surface area contributed by atoms with Crippen LogP contribution < -0.4 is 5.73 Å². The Balaban J connectivity index is 2.22. The van der Waals surface area contributed by atoms with Gasteiger partial charge in [0.15, 0.2) is 0 Å². The molecule has 0 amide bonds. The molecule has 0 bridgehead atoms. The van der Waals surface area contributed by atoms with Gasteiger partial charge in [0.1, 0.15) is 0 Å². The molecule has 0 atom stereocenters. The van der Waals surface area contributed by atoms with Gasteiger partial charge in [0.2, 0.25) is 11.7 Å². The lowest BCUT2D eigenvalue weighted by Crippen LogP contribution is -2.05. The number of nitrogens with zero attached hydrogens (tertiary/aromatic N) is 3. The molecule has 86 valence electrons. The number of hydrogen-bond acceptors (Lipinski definition) is 5. The SMILES string of the molecule is COCCn1cccc1-c1noc(CN)n1. The molecule has 0 spiro atoms. The van der Waals surface area contributed by atoms with E-state index in [0.29, 0.717) is 18.3 Å². The zero-order valence-corrected chi connectivity index (χ0v) is 9.09. The molecule has 0 aliphatic heterocycles. The van der Waals surface area contributed by atoms with Crippen LogP contribution in [0.2, 0.25) is 0 Å². The van der Waals surface area contributed by atoms with Gasteiger partial charge in [-0.05, 0) is 12.1 Å². The molecule has 16 heavy (non-hydrogen) atoms. The molecule has 2 heterocycles. The highest BCUT2D eigenvalue weighted by Gasteiger charge is 2.10. The van der Waals surface area contributed by atoms with E-state index in [1.54, 1.807) is 7.11 Å². The summed E-state index contributed by atoms with van der Waals surface area (Å²) in [6.07, 6.45) is 1.95. The quantitative estimate of drug-likeness (QED) is 0.803. The molecular weight excluding hydrogens is 208 g/mol. The van der Waals surface area contributed by atoms with Crippen LogP contribution in [-0.2, 0) is 17.8 Å². The van der Waals surface area contributed by atoms with E-state index in [4.69, 9.17) is 15.0 Å². The fourth-order valence-electron chi connectivity index (χ4n) is 1.44. The lowest BCUT2D eigenvalue weighted by atomic mass is 10.4. The van der Waals surface area contributed by atoms with Crippen LogP contribution in [0.25, 0.3) is 11.5 Å². The van der Waals surface area contributed by atoms with Gasteiger partial charge in [-0.1, -0.05) is 5.16 Å². The van der Waals surface area contributed by atoms with Crippen molar-refractivity contribution < 1.29 is 9.26 Å². The van der Waals surface area contributed by atoms with Gasteiger partial charge in [0.05, 0.1) is 18.8 Å². The van der Waals surface area contributed by atoms with Crippen molar-refractivity contribution in [2.24, 2.45) is 5.73 Å². The molecule has 0 fully saturated rings. The molecule has 0 aliphatic rings. The number of methoxy groups -OCH3 is 1. The van der Waals surface area contributed by atoms with Gasteiger partial charge < -0.3 is 19.6 Å². The molecule has 0 radical (unpaired) electrons. The first kappa shape index (κ1) is 10.8. The van der Waals surface area contributed by atoms with E-state index in [0.717, 1.165) is 12.2 Å². The van der Waals surface area contributed by atoms with Crippen LogP contribution in [-0.4, -0.2) is 28.4 Å². The lowest BCUT2D eigenvalue weighted by Gasteiger charge is -2.04. The number of nitrogens with two attached hydrogens (primary N) is 1. The maximum absolute atomic E-state index is 5.41. The minimum Gasteiger partial charge on any atom is -0.383 e. The predicted molar refractivity (Wildman–Crippen MR) is 57.5 cm³/mol. The Morgan fingerprint density at radius 3 is 3.12 bits per heavy atom. The molecule has 2 rings (SSSR count). The van der Waals surface area contributed by atoms with E-state index in [2.05, 4.69) is 10.1 Å². The molecule has 2 N–H and O–H groups in total. The predicted octanol–water partition coefficient (Wildman–Crippen LogP) is 0.643. The van der Waals surface area contributed by atoms with Crippen LogP contribution in [0.3, 0.4) is 0 Å². The Bertz CT molecular complexity index is 449. The van der Waals surface area contributed by atoms with E-state index in [1.165, 1.54) is 0 Å². The lowest BCUT2D eigenvalue weighted by molar-refractivity contribution is 0.187. The van der Waals surface area contributed by atoms with Crippen molar-refractivity contribution in [2.45, 2.75) is 13.1 Å². The van der Waals surface area contributed by atoms with Gasteiger partial charge in [-0.2, -0.15) is 4.98 Å². The van der Waals surface area contributed by atoms with Crippen molar-refractivity contribution in [3.63, 3.8) is 0 Å². The van der Waals surface area contributed by atoms with Crippen molar-refractivity contribution in [3.8, 4) is 11.5 Å². The zero-order chi connectivity index (χ0) is 11.4. The minimum atomic E-state index is 0.256. The highest BCUT2D eigenvalue weighted by atomic mass is 16.5. The van der Waals surface area contributed by atoms with E-state index in [-0.39, 0.29) is 6.54 Å². The van der Waals surface area contributed by atoms with E-state index in [9.17, 15) is 0 Å². The van der Waals surface area contributed by atoms with Crippen LogP contribution in [0.1, 0.15) is 5.89 Å². The average molecular weight is 222 g/mol. The number of hydrogen-bond donors (Lipinski definition) is 1. The third kappa shape index (κ3) is 2.12. The summed E-state index contributed by atoms with van der Waals surface area (Å²) >= 11 is 0. The normalized spacial score (nSPS) is 10.9. The van der Waals surface area contributed by atoms with Crippen LogP contribution in [0.4, 0.5) is 0 Å². The van der Waals surface area contributed by atoms with Gasteiger partial charge in [-0.25, -0.2) is 0 Å². The first-order valence-electron chi connectivity index (χ1n) is 5.02. The Hall–Kier alpha value is -1.66. The largest absolute Gasteiger partial charge is 0.383 e. The minimum absolute atomic E-state index is 0.256. The molecule has 0 unspecified atom stereocenters. The van der Waals surface area contributed by atoms with Crippen LogP contribution in [0.5, 0.6) is 0 Å². The summed E-state index contributed by atoms with van der Waals surface area (Å²) in [7, 11) is 1.67. The van der Waals surface area contributed by atoms with Gasteiger partial charge in [0, 0.05) is 19.9 Å². The first-order valence-corrected chi connectivity index (χ1v) is 5.02. The van der Waals surface area contributed by atoms with Crippen molar-refractivity contribution in [1.29, 1.82) is 0 Å². The maximum Gasteiger partial charge on any atom is 0.240 e. The summed E-state index contributed by atoms with van der Waals surface area (Å²) in [5.41, 5.74) is 6.31. The van der Waals surface area contributed by atoms with Crippen LogP contribution in [0, 0.1) is 0 Å². The molecule has 2 aromatic rings. The zero-order valence-electron chi connectivity index (χ0n) is 9.09. The van der Waals surface area contributed by atoms with Gasteiger partial charge in [-0.15, -0.1) is 0 Å². The molecule has 0 aliphatic carbocycles. The standard InChI is InChI=1S/C10H14N4O2/c1-15-6-5-14-4-2-3-8(14)10-12-9(7-11)16-13-10/h2-4H,5-7,11H2,1H3. The summed E-state index contributed by atoms with van der Waals surface area (Å²) in [6, 6.07) is 3.87. The Morgan fingerprint density at radius 1 is 1.56 bits per heavy atom. The first-order chi connectivity index (χ1) is 7.85. The molecular formula is C10H14N4O2. The maximum atomic E-state index is 5.41. The van der Waals surface area contributed by atoms with Crippen molar-refractivity contribution >= 4 is 0 Å². The number of rotatable bonds is 5. The van der Waals surface area contributed by atoms with E-state index >= 15 is 0 Å². The monoisotopic (exact) mass is 222 g/mol. The molecule has 2 aromatic heterocycles. The van der Waals surface area contributed by atoms with Crippen molar-refractivity contribution in [2.75, 3.05) is 13.7 Å². The summed E-state index contributed by atoms with van der Waals surface area (Å²) < 4.78 is 12.0. The van der Waals surface area contributed by atoms with E-state index in [1.807, 2.05) is 22.9 Å². The topological polar surface area (TPSA) is 79.1 Å². The summed E-state index contributed by atoms with van der Waals surface area (Å²) in [6.45, 7) is 1.65. The Labute approximate surface area is 93.0 Å². The second-order valence-electron chi connectivity index (χ2n) is 3.30. The third-order valence-electron chi connectivity index (χ3n) is 2.24. The summed E-state index contributed by atoms with van der Waals surface area (Å²) in [4.78, 5) is 4.18. The van der Waals surface area contributed by atoms with Gasteiger partial charge in [0.25, 0.3) is 0 Å². The Morgan fingerprint density at radius 2 is 2.44 bits per heavy atom. The van der Waals surface area contributed by atoms with Gasteiger partial charge >= 0.3 is 0 Å². The van der Waals surface area contributed by atoms with E-state index < -0.39 is 0 Å². The van der Waals surface area contributed by atoms with Crippen molar-refractivity contribution in [3.05, 3.63) is 24.2 Å². The number of aromatic nitrogens is 3. The highest BCUT2D eigenvalue weighted by molar-refractivity contribution is 5.49. The van der Waals surface area contributed by atoms with Gasteiger partial charge in [-0.3, -0.25) is 0 Å². The second kappa shape index (κ2) is 4.91. The molecule has 6 nitrogen and oxygen atoms in total. The smallest absolute Gasteiger partial charge is 0.240 e. The molecule has 6 heteroatoms. The third-order valence-corrected chi connectivity index (χ3v) is 2.24. The highest BCUT2D eigenvalue weighted by Crippen LogP contribution is 2.16. The van der Waals surface area contributed by atoms with Crippen LogP contribution >= 0.6 is 0 Å². The Kier molecular flexibility index (Phi) is 3.33. The molecule has 0 saturated carbocycles. The average Bonchev–Trinajstić information content (AvgIpc) is 2.94.